The van der Waals surface area contributed by atoms with Crippen LogP contribution in [-0.4, -0.2) is 56.9 Å². The van der Waals surface area contributed by atoms with Crippen LogP contribution in [0.3, 0.4) is 0 Å². The van der Waals surface area contributed by atoms with E-state index in [1.807, 2.05) is 0 Å². The first kappa shape index (κ1) is 29.1. The van der Waals surface area contributed by atoms with E-state index in [4.69, 9.17) is 4.74 Å². The Morgan fingerprint density at radius 2 is 1.34 bits per heavy atom. The molecule has 188 valence electrons. The van der Waals surface area contributed by atoms with E-state index in [2.05, 4.69) is 6.92 Å². The molecule has 0 radical (unpaired) electrons. The Labute approximate surface area is 195 Å². The number of carbonyl (C=O) groups excluding carboxylic acids is 1. The molecule has 6 heteroatoms. The number of esters is 1. The average molecular weight is 457 g/mol. The number of aliphatic hydroxyl groups excluding tert-OH is 4. The molecular formula is C26H48O6. The maximum absolute atomic E-state index is 11.2. The summed E-state index contributed by atoms with van der Waals surface area (Å²) >= 11 is 0. The highest BCUT2D eigenvalue weighted by Crippen LogP contribution is 2.19. The fourth-order valence-electron chi connectivity index (χ4n) is 4.38. The molecule has 0 fully saturated rings. The minimum absolute atomic E-state index is 0.149. The number of unbranched alkanes of at least 4 members (excludes halogenated alkanes) is 8. The molecule has 0 unspecified atom stereocenters. The fourth-order valence-corrected chi connectivity index (χ4v) is 4.38. The van der Waals surface area contributed by atoms with Crippen LogP contribution < -0.4 is 0 Å². The van der Waals surface area contributed by atoms with Crippen LogP contribution in [0.1, 0.15) is 116 Å². The zero-order chi connectivity index (χ0) is 23.6. The van der Waals surface area contributed by atoms with Gasteiger partial charge in [0.05, 0.1) is 24.4 Å². The maximum Gasteiger partial charge on any atom is 0.330 e. The predicted octanol–water partition coefficient (Wildman–Crippen LogP) is 4.56. The van der Waals surface area contributed by atoms with Crippen molar-refractivity contribution in [3.8, 4) is 0 Å². The number of hydrogen-bond donors (Lipinski definition) is 4. The Kier molecular flexibility index (Phi) is 16.8. The largest absolute Gasteiger partial charge is 0.459 e. The van der Waals surface area contributed by atoms with Gasteiger partial charge in [-0.15, -0.1) is 0 Å². The van der Waals surface area contributed by atoms with Crippen molar-refractivity contribution in [2.24, 2.45) is 0 Å². The highest BCUT2D eigenvalue weighted by molar-refractivity contribution is 5.82. The summed E-state index contributed by atoms with van der Waals surface area (Å²) in [6.07, 6.45) is 15.6. The first-order chi connectivity index (χ1) is 15.4. The van der Waals surface area contributed by atoms with E-state index in [-0.39, 0.29) is 31.5 Å². The molecule has 6 nitrogen and oxygen atoms in total. The van der Waals surface area contributed by atoms with Crippen molar-refractivity contribution in [2.45, 2.75) is 147 Å². The zero-order valence-electron chi connectivity index (χ0n) is 20.2. The lowest BCUT2D eigenvalue weighted by Gasteiger charge is -2.23. The van der Waals surface area contributed by atoms with Gasteiger partial charge in [-0.1, -0.05) is 70.8 Å². The summed E-state index contributed by atoms with van der Waals surface area (Å²) in [7, 11) is 0. The van der Waals surface area contributed by atoms with Gasteiger partial charge in [0.25, 0.3) is 0 Å². The smallest absolute Gasteiger partial charge is 0.330 e. The molecule has 1 heterocycles. The van der Waals surface area contributed by atoms with Crippen LogP contribution in [0.15, 0.2) is 12.2 Å². The van der Waals surface area contributed by atoms with E-state index in [0.717, 1.165) is 19.3 Å². The van der Waals surface area contributed by atoms with Crippen molar-refractivity contribution in [1.29, 1.82) is 0 Å². The highest BCUT2D eigenvalue weighted by atomic mass is 16.5. The van der Waals surface area contributed by atoms with Gasteiger partial charge in [-0.25, -0.2) is 4.79 Å². The molecule has 4 N–H and O–H groups in total. The maximum atomic E-state index is 11.2. The number of rotatable bonds is 20. The van der Waals surface area contributed by atoms with Crippen LogP contribution in [0.5, 0.6) is 0 Å². The molecule has 1 rings (SSSR count). The van der Waals surface area contributed by atoms with Crippen molar-refractivity contribution in [2.75, 3.05) is 0 Å². The third-order valence-electron chi connectivity index (χ3n) is 6.27. The van der Waals surface area contributed by atoms with Gasteiger partial charge in [0.1, 0.15) is 6.10 Å². The second kappa shape index (κ2) is 18.5. The molecule has 0 aromatic rings. The summed E-state index contributed by atoms with van der Waals surface area (Å²) in [5, 5.41) is 40.5. The average Bonchev–Trinajstić information content (AvgIpc) is 2.72. The van der Waals surface area contributed by atoms with Crippen molar-refractivity contribution in [1.82, 2.24) is 0 Å². The highest BCUT2D eigenvalue weighted by Gasteiger charge is 2.22. The molecule has 0 saturated heterocycles. The molecule has 0 aromatic carbocycles. The van der Waals surface area contributed by atoms with Crippen LogP contribution in [0.25, 0.3) is 0 Å². The zero-order valence-corrected chi connectivity index (χ0v) is 20.2. The Hall–Kier alpha value is -0.950. The van der Waals surface area contributed by atoms with Crippen LogP contribution in [0, 0.1) is 0 Å². The Balaban J connectivity index is 1.99. The van der Waals surface area contributed by atoms with Crippen molar-refractivity contribution < 1.29 is 30.0 Å². The molecular weight excluding hydrogens is 408 g/mol. The second-order valence-electron chi connectivity index (χ2n) is 9.57. The third-order valence-corrected chi connectivity index (χ3v) is 6.27. The first-order valence-corrected chi connectivity index (χ1v) is 13.0. The molecule has 0 aliphatic carbocycles. The van der Waals surface area contributed by atoms with E-state index in [1.54, 1.807) is 6.08 Å². The molecule has 1 aliphatic heterocycles. The van der Waals surface area contributed by atoms with E-state index in [9.17, 15) is 25.2 Å². The van der Waals surface area contributed by atoms with E-state index >= 15 is 0 Å². The number of cyclic esters (lactones) is 1. The topological polar surface area (TPSA) is 107 Å². The minimum atomic E-state index is -0.804. The van der Waals surface area contributed by atoms with Gasteiger partial charge >= 0.3 is 5.97 Å². The summed E-state index contributed by atoms with van der Waals surface area (Å²) in [6, 6.07) is 0. The van der Waals surface area contributed by atoms with Crippen molar-refractivity contribution in [3.63, 3.8) is 0 Å². The van der Waals surface area contributed by atoms with E-state index in [1.165, 1.54) is 57.4 Å². The molecule has 0 spiro atoms. The van der Waals surface area contributed by atoms with Crippen LogP contribution in [0.2, 0.25) is 0 Å². The van der Waals surface area contributed by atoms with Gasteiger partial charge in [0, 0.05) is 18.9 Å². The number of aliphatic hydroxyl groups is 4. The van der Waals surface area contributed by atoms with Gasteiger partial charge in [-0.2, -0.15) is 0 Å². The minimum Gasteiger partial charge on any atom is -0.459 e. The molecule has 1 aliphatic rings. The summed E-state index contributed by atoms with van der Waals surface area (Å²) in [5.41, 5.74) is 0. The predicted molar refractivity (Wildman–Crippen MR) is 127 cm³/mol. The lowest BCUT2D eigenvalue weighted by atomic mass is 9.97. The molecule has 32 heavy (non-hydrogen) atoms. The quantitative estimate of drug-likeness (QED) is 0.158. The van der Waals surface area contributed by atoms with Gasteiger partial charge < -0.3 is 25.2 Å². The normalized spacial score (nSPS) is 20.0. The summed E-state index contributed by atoms with van der Waals surface area (Å²) in [5.74, 6) is -0.399. The van der Waals surface area contributed by atoms with Crippen molar-refractivity contribution >= 4 is 5.97 Å². The fraction of sp³-hybridized carbons (Fsp3) is 0.885. The first-order valence-electron chi connectivity index (χ1n) is 13.0. The van der Waals surface area contributed by atoms with Crippen LogP contribution in [0.4, 0.5) is 0 Å². The Bertz CT molecular complexity index is 495. The lowest BCUT2D eigenvalue weighted by molar-refractivity contribution is -0.145. The van der Waals surface area contributed by atoms with Crippen LogP contribution >= 0.6 is 0 Å². The Morgan fingerprint density at radius 1 is 0.781 bits per heavy atom. The van der Waals surface area contributed by atoms with Gasteiger partial charge in [0.15, 0.2) is 0 Å². The van der Waals surface area contributed by atoms with E-state index in [0.29, 0.717) is 19.3 Å². The van der Waals surface area contributed by atoms with Gasteiger partial charge in [0.2, 0.25) is 0 Å². The van der Waals surface area contributed by atoms with E-state index < -0.39 is 24.3 Å². The summed E-state index contributed by atoms with van der Waals surface area (Å²) < 4.78 is 5.12. The van der Waals surface area contributed by atoms with Crippen molar-refractivity contribution in [3.05, 3.63) is 12.2 Å². The number of carbonyl (C=O) groups is 1. The summed E-state index contributed by atoms with van der Waals surface area (Å²) in [4.78, 5) is 11.2. The monoisotopic (exact) mass is 456 g/mol. The standard InChI is InChI=1S/C26H48O6/c1-2-3-4-5-6-7-8-9-10-13-21(27)14-11-15-22(28)18-23(29)19-24(30)20-25-16-12-17-26(31)32-25/h12,17,21-25,27-30H,2-11,13-16,18-20H2,1H3/t21-,22+,23+,24+,25-/m0/s1. The van der Waals surface area contributed by atoms with Gasteiger partial charge in [-0.3, -0.25) is 0 Å². The molecule has 0 amide bonds. The number of hydrogen-bond acceptors (Lipinski definition) is 6. The Morgan fingerprint density at radius 3 is 2.00 bits per heavy atom. The van der Waals surface area contributed by atoms with Gasteiger partial charge in [-0.05, 0) is 38.5 Å². The number of ether oxygens (including phenoxy) is 1. The lowest BCUT2D eigenvalue weighted by Crippen LogP contribution is -2.29. The second-order valence-corrected chi connectivity index (χ2v) is 9.57. The van der Waals surface area contributed by atoms with Crippen LogP contribution in [-0.2, 0) is 9.53 Å². The SMILES string of the molecule is CCCCCCCCCCC[C@H](O)CCC[C@@H](O)C[C@@H](O)C[C@@H](O)C[C@@H]1CC=CC(=O)O1. The molecule has 0 bridgehead atoms. The molecule has 0 saturated carbocycles. The molecule has 5 atom stereocenters. The third kappa shape index (κ3) is 15.8. The molecule has 0 aromatic heterocycles. The summed E-state index contributed by atoms with van der Waals surface area (Å²) in [6.45, 7) is 2.24.